The van der Waals surface area contributed by atoms with Gasteiger partial charge in [-0.25, -0.2) is 0 Å². The zero-order chi connectivity index (χ0) is 29.6. The minimum absolute atomic E-state index is 0.235. The minimum atomic E-state index is -4.47. The third-order valence-corrected chi connectivity index (χ3v) is 15.0. The van der Waals surface area contributed by atoms with Crippen LogP contribution in [-0.4, -0.2) is 5.97 Å². The number of hydrogen-bond acceptors (Lipinski definition) is 2. The molecule has 2 nitrogen and oxygen atoms in total. The molecule has 0 aromatic heterocycles. The van der Waals surface area contributed by atoms with Crippen LogP contribution in [0.15, 0.2) is 182 Å². The van der Waals surface area contributed by atoms with Gasteiger partial charge in [0.1, 0.15) is 0 Å². The Hall–Kier alpha value is -4.78. The zero-order valence-electron chi connectivity index (χ0n) is 24.3. The summed E-state index contributed by atoms with van der Waals surface area (Å²) in [4.78, 5) is 14.3. The van der Waals surface area contributed by atoms with E-state index in [4.69, 9.17) is 4.52 Å². The molecule has 6 aromatic rings. The van der Waals surface area contributed by atoms with Crippen molar-refractivity contribution in [2.75, 3.05) is 0 Å². The van der Waals surface area contributed by atoms with Crippen LogP contribution < -0.4 is 15.9 Å². The van der Waals surface area contributed by atoms with Crippen LogP contribution in [0.1, 0.15) is 30.0 Å². The van der Waals surface area contributed by atoms with Crippen LogP contribution in [-0.2, 0) is 14.5 Å². The van der Waals surface area contributed by atoms with Gasteiger partial charge >= 0.3 is 255 Å². The Balaban J connectivity index is 2.05. The van der Waals surface area contributed by atoms with Gasteiger partial charge in [0.2, 0.25) is 0 Å². The molecule has 0 N–H and O–H groups in total. The van der Waals surface area contributed by atoms with Crippen molar-refractivity contribution in [2.45, 2.75) is 18.5 Å². The predicted molar refractivity (Wildman–Crippen MR) is 181 cm³/mol. The molecule has 6 aromatic carbocycles. The van der Waals surface area contributed by atoms with Crippen molar-refractivity contribution >= 4 is 28.7 Å². The molecule has 0 atom stereocenters. The summed E-state index contributed by atoms with van der Waals surface area (Å²) in [6.45, 7) is -2.59. The number of carbonyl (C=O) groups excluding carboxylic acids is 1. The van der Waals surface area contributed by atoms with E-state index in [0.717, 1.165) is 32.6 Å². The fourth-order valence-corrected chi connectivity index (χ4v) is 14.1. The molecular formula is C40H35O2P. The van der Waals surface area contributed by atoms with E-state index >= 15 is 0 Å². The van der Waals surface area contributed by atoms with E-state index in [0.29, 0.717) is 0 Å². The van der Waals surface area contributed by atoms with Crippen molar-refractivity contribution in [1.82, 2.24) is 0 Å². The predicted octanol–water partition coefficient (Wildman–Crippen LogP) is 8.38. The molecule has 0 aliphatic carbocycles. The second-order valence-electron chi connectivity index (χ2n) is 10.7. The fourth-order valence-electron chi connectivity index (χ4n) is 6.94. The van der Waals surface area contributed by atoms with Gasteiger partial charge in [-0.15, -0.1) is 0 Å². The van der Waals surface area contributed by atoms with Gasteiger partial charge < -0.3 is 0 Å². The van der Waals surface area contributed by atoms with Gasteiger partial charge in [0, 0.05) is 0 Å². The molecule has 0 saturated carbocycles. The Labute approximate surface area is 254 Å². The molecule has 43 heavy (non-hydrogen) atoms. The van der Waals surface area contributed by atoms with Gasteiger partial charge in [0.05, 0.1) is 0 Å². The fraction of sp³-hybridized carbons (Fsp3) is 0.0750. The zero-order valence-corrected chi connectivity index (χ0v) is 25.2. The van der Waals surface area contributed by atoms with Crippen molar-refractivity contribution in [3.63, 3.8) is 0 Å². The average Bonchev–Trinajstić information content (AvgIpc) is 3.10. The molecule has 3 heteroatoms. The third kappa shape index (κ3) is 4.17. The third-order valence-electron chi connectivity index (χ3n) is 8.53. The van der Waals surface area contributed by atoms with Gasteiger partial charge in [-0.2, -0.15) is 0 Å². The Morgan fingerprint density at radius 1 is 0.465 bits per heavy atom. The maximum absolute atomic E-state index is 14.3. The van der Waals surface area contributed by atoms with Gasteiger partial charge in [0.25, 0.3) is 0 Å². The van der Waals surface area contributed by atoms with E-state index < -0.39 is 12.0 Å². The van der Waals surface area contributed by atoms with Gasteiger partial charge in [-0.3, -0.25) is 0 Å². The standard InChI is InChI=1S/C40H35O2P/c1-2-39(41)42-43(36-27-15-6-16-28-36,37-29-17-7-18-30-37,38-31-19-8-20-32-38)40(33-21-9-3-10-22-33,34-23-11-4-12-24-34)35-25-13-5-14-26-35/h3-32H,2H2,1H3. The molecule has 0 spiro atoms. The van der Waals surface area contributed by atoms with E-state index in [-0.39, 0.29) is 12.4 Å². The first-order valence-electron chi connectivity index (χ1n) is 14.8. The Morgan fingerprint density at radius 2 is 0.721 bits per heavy atom. The van der Waals surface area contributed by atoms with E-state index in [1.54, 1.807) is 0 Å². The summed E-state index contributed by atoms with van der Waals surface area (Å²) >= 11 is 0. The number of hydrogen-bond donors (Lipinski definition) is 0. The van der Waals surface area contributed by atoms with Gasteiger partial charge in [-0.1, -0.05) is 0 Å². The van der Waals surface area contributed by atoms with Gasteiger partial charge in [-0.05, 0) is 0 Å². The first-order chi connectivity index (χ1) is 21.2. The van der Waals surface area contributed by atoms with Crippen molar-refractivity contribution in [2.24, 2.45) is 0 Å². The van der Waals surface area contributed by atoms with Gasteiger partial charge in [0.15, 0.2) is 0 Å². The van der Waals surface area contributed by atoms with Crippen LogP contribution in [0.2, 0.25) is 0 Å². The van der Waals surface area contributed by atoms with E-state index in [1.807, 2.05) is 43.3 Å². The molecule has 0 aliphatic rings. The Kier molecular flexibility index (Phi) is 7.80. The molecule has 0 unspecified atom stereocenters. The summed E-state index contributed by atoms with van der Waals surface area (Å²) in [5.74, 6) is -0.249. The van der Waals surface area contributed by atoms with Crippen LogP contribution in [0.3, 0.4) is 0 Å². The SMILES string of the molecule is CCC(=O)OP(c1ccccc1)(c1ccccc1)(c1ccccc1)C(c1ccccc1)(c1ccccc1)c1ccccc1. The molecule has 0 radical (unpaired) electrons. The van der Waals surface area contributed by atoms with Crippen molar-refractivity contribution in [3.8, 4) is 0 Å². The molecule has 0 bridgehead atoms. The Bertz CT molecular complexity index is 1580. The number of carbonyl (C=O) groups is 1. The van der Waals surface area contributed by atoms with E-state index in [2.05, 4.69) is 146 Å². The molecule has 0 amide bonds. The van der Waals surface area contributed by atoms with Crippen molar-refractivity contribution < 1.29 is 9.32 Å². The first-order valence-corrected chi connectivity index (χ1v) is 16.9. The molecular weight excluding hydrogens is 543 g/mol. The second-order valence-corrected chi connectivity index (χ2v) is 15.1. The number of rotatable bonds is 9. The van der Waals surface area contributed by atoms with Crippen LogP contribution >= 0.6 is 6.83 Å². The van der Waals surface area contributed by atoms with Crippen LogP contribution in [0, 0.1) is 0 Å². The monoisotopic (exact) mass is 578 g/mol. The summed E-state index contributed by atoms with van der Waals surface area (Å²) in [6.07, 6.45) is 0.235. The van der Waals surface area contributed by atoms with Crippen LogP contribution in [0.5, 0.6) is 0 Å². The summed E-state index contributed by atoms with van der Waals surface area (Å²) in [5.41, 5.74) is 3.14. The average molecular weight is 579 g/mol. The van der Waals surface area contributed by atoms with Crippen LogP contribution in [0.25, 0.3) is 0 Å². The Morgan fingerprint density at radius 3 is 0.977 bits per heavy atom. The topological polar surface area (TPSA) is 26.3 Å². The maximum atomic E-state index is 14.3. The molecule has 0 saturated heterocycles. The summed E-state index contributed by atoms with van der Waals surface area (Å²) in [6, 6.07) is 63.2. The summed E-state index contributed by atoms with van der Waals surface area (Å²) in [7, 11) is 0. The quantitative estimate of drug-likeness (QED) is 0.127. The number of benzene rings is 6. The van der Waals surface area contributed by atoms with Crippen LogP contribution in [0.4, 0.5) is 0 Å². The second kappa shape index (κ2) is 11.8. The molecule has 212 valence electrons. The normalized spacial score (nSPS) is 12.5. The van der Waals surface area contributed by atoms with E-state index in [1.165, 1.54) is 0 Å². The molecule has 0 heterocycles. The molecule has 0 aliphatic heterocycles. The van der Waals surface area contributed by atoms with Crippen molar-refractivity contribution in [3.05, 3.63) is 199 Å². The summed E-state index contributed by atoms with van der Waals surface area (Å²) in [5, 5.41) is 1.95. The molecule has 6 rings (SSSR count). The van der Waals surface area contributed by atoms with Crippen molar-refractivity contribution in [1.29, 1.82) is 0 Å². The van der Waals surface area contributed by atoms with E-state index in [9.17, 15) is 4.79 Å². The summed E-state index contributed by atoms with van der Waals surface area (Å²) < 4.78 is 7.55. The molecule has 0 fully saturated rings. The first kappa shape index (κ1) is 28.3.